The molecule has 1 unspecified atom stereocenters. The molecule has 0 aromatic carbocycles. The minimum Gasteiger partial charge on any atom is -0.395 e. The maximum Gasteiger partial charge on any atom is 0.401 e. The third kappa shape index (κ3) is 7.89. The predicted molar refractivity (Wildman–Crippen MR) is 66.5 cm³/mol. The van der Waals surface area contributed by atoms with Gasteiger partial charge in [-0.2, -0.15) is 13.2 Å². The van der Waals surface area contributed by atoms with E-state index in [4.69, 9.17) is 5.11 Å². The van der Waals surface area contributed by atoms with Crippen molar-refractivity contribution in [2.75, 3.05) is 33.3 Å². The molecule has 0 amide bonds. The van der Waals surface area contributed by atoms with Crippen LogP contribution < -0.4 is 5.32 Å². The molecule has 18 heavy (non-hydrogen) atoms. The number of hydrogen-bond donors (Lipinski definition) is 2. The summed E-state index contributed by atoms with van der Waals surface area (Å²) in [5, 5.41) is 11.9. The Morgan fingerprint density at radius 1 is 1.17 bits per heavy atom. The minimum atomic E-state index is -4.22. The molecule has 2 N–H and O–H groups in total. The Morgan fingerprint density at radius 2 is 1.72 bits per heavy atom. The fourth-order valence-corrected chi connectivity index (χ4v) is 1.99. The molecule has 0 aliphatic carbocycles. The number of aliphatic hydroxyl groups is 1. The summed E-state index contributed by atoms with van der Waals surface area (Å²) >= 11 is 0. The molecule has 3 nitrogen and oxygen atoms in total. The van der Waals surface area contributed by atoms with Crippen LogP contribution in [0.3, 0.4) is 0 Å². The molecule has 6 heteroatoms. The van der Waals surface area contributed by atoms with E-state index < -0.39 is 12.7 Å². The summed E-state index contributed by atoms with van der Waals surface area (Å²) in [5.41, 5.74) is -0.00212. The molecule has 0 radical (unpaired) electrons. The molecule has 0 fully saturated rings. The number of rotatable bonds is 7. The second kappa shape index (κ2) is 7.31. The topological polar surface area (TPSA) is 35.5 Å². The summed E-state index contributed by atoms with van der Waals surface area (Å²) in [7, 11) is 1.82. The molecular weight excluding hydrogens is 245 g/mol. The highest BCUT2D eigenvalue weighted by Crippen LogP contribution is 2.22. The number of alkyl halides is 3. The summed E-state index contributed by atoms with van der Waals surface area (Å²) in [5.74, 6) is 0. The first kappa shape index (κ1) is 17.7. The Kier molecular flexibility index (Phi) is 7.17. The number of aliphatic hydroxyl groups excluding tert-OH is 1. The fraction of sp³-hybridized carbons (Fsp3) is 1.00. The molecule has 0 aromatic heterocycles. The zero-order valence-electron chi connectivity index (χ0n) is 11.6. The van der Waals surface area contributed by atoms with Crippen molar-refractivity contribution < 1.29 is 18.3 Å². The SMILES string of the molecule is CNC(CCN(CCO)CC(F)(F)F)C(C)(C)C. The Balaban J connectivity index is 4.33. The van der Waals surface area contributed by atoms with Crippen LogP contribution in [0.5, 0.6) is 0 Å². The van der Waals surface area contributed by atoms with Crippen molar-refractivity contribution in [2.45, 2.75) is 39.4 Å². The van der Waals surface area contributed by atoms with Crippen molar-refractivity contribution in [3.05, 3.63) is 0 Å². The summed E-state index contributed by atoms with van der Waals surface area (Å²) in [6.45, 7) is 5.31. The van der Waals surface area contributed by atoms with Crippen LogP contribution in [0, 0.1) is 5.41 Å². The number of hydrogen-bond acceptors (Lipinski definition) is 3. The highest BCUT2D eigenvalue weighted by atomic mass is 19.4. The first-order valence-corrected chi connectivity index (χ1v) is 6.17. The van der Waals surface area contributed by atoms with Crippen LogP contribution >= 0.6 is 0 Å². The lowest BCUT2D eigenvalue weighted by Gasteiger charge is -2.32. The first-order valence-electron chi connectivity index (χ1n) is 6.17. The average Bonchev–Trinajstić information content (AvgIpc) is 2.14. The van der Waals surface area contributed by atoms with E-state index in [9.17, 15) is 13.2 Å². The van der Waals surface area contributed by atoms with Gasteiger partial charge < -0.3 is 10.4 Å². The maximum absolute atomic E-state index is 12.3. The van der Waals surface area contributed by atoms with Gasteiger partial charge in [-0.25, -0.2) is 0 Å². The third-order valence-corrected chi connectivity index (χ3v) is 2.95. The highest BCUT2D eigenvalue weighted by Gasteiger charge is 2.31. The van der Waals surface area contributed by atoms with Crippen LogP contribution in [0.2, 0.25) is 0 Å². The standard InChI is InChI=1S/C12H25F3N2O/c1-11(2,3)10(16-4)5-6-17(7-8-18)9-12(13,14)15/h10,16,18H,5-9H2,1-4H3. The molecule has 0 aliphatic heterocycles. The lowest BCUT2D eigenvalue weighted by molar-refractivity contribution is -0.147. The molecule has 0 saturated carbocycles. The van der Waals surface area contributed by atoms with Gasteiger partial charge in [-0.05, 0) is 18.9 Å². The van der Waals surface area contributed by atoms with Gasteiger partial charge in [0.1, 0.15) is 0 Å². The van der Waals surface area contributed by atoms with E-state index in [-0.39, 0.29) is 24.6 Å². The Labute approximate surface area is 107 Å². The minimum absolute atomic E-state index is 0.00212. The molecular formula is C12H25F3N2O. The van der Waals surface area contributed by atoms with E-state index in [1.54, 1.807) is 0 Å². The van der Waals surface area contributed by atoms with Gasteiger partial charge in [0.2, 0.25) is 0 Å². The summed E-state index contributed by atoms with van der Waals surface area (Å²) in [6, 6.07) is 0.145. The van der Waals surface area contributed by atoms with E-state index in [0.29, 0.717) is 13.0 Å². The van der Waals surface area contributed by atoms with Gasteiger partial charge in [-0.3, -0.25) is 4.90 Å². The number of halogens is 3. The smallest absolute Gasteiger partial charge is 0.395 e. The van der Waals surface area contributed by atoms with Crippen molar-refractivity contribution >= 4 is 0 Å². The van der Waals surface area contributed by atoms with Gasteiger partial charge in [0, 0.05) is 19.1 Å². The lowest BCUT2D eigenvalue weighted by Crippen LogP contribution is -2.43. The Bertz CT molecular complexity index is 226. The van der Waals surface area contributed by atoms with Crippen molar-refractivity contribution in [1.29, 1.82) is 0 Å². The largest absolute Gasteiger partial charge is 0.401 e. The summed E-state index contributed by atoms with van der Waals surface area (Å²) in [4.78, 5) is 1.25. The van der Waals surface area contributed by atoms with Crippen LogP contribution in [-0.4, -0.2) is 55.5 Å². The molecule has 1 atom stereocenters. The molecule has 0 heterocycles. The average molecular weight is 270 g/mol. The zero-order chi connectivity index (χ0) is 14.4. The molecule has 0 aliphatic rings. The van der Waals surface area contributed by atoms with Crippen LogP contribution in [0.4, 0.5) is 13.2 Å². The van der Waals surface area contributed by atoms with Crippen molar-refractivity contribution in [1.82, 2.24) is 10.2 Å². The zero-order valence-corrected chi connectivity index (χ0v) is 11.6. The molecule has 0 bridgehead atoms. The van der Waals surface area contributed by atoms with E-state index >= 15 is 0 Å². The van der Waals surface area contributed by atoms with Gasteiger partial charge >= 0.3 is 6.18 Å². The number of nitrogens with zero attached hydrogens (tertiary/aromatic N) is 1. The van der Waals surface area contributed by atoms with Crippen LogP contribution in [-0.2, 0) is 0 Å². The number of nitrogens with one attached hydrogen (secondary N) is 1. The Morgan fingerprint density at radius 3 is 2.06 bits per heavy atom. The maximum atomic E-state index is 12.3. The first-order chi connectivity index (χ1) is 8.10. The predicted octanol–water partition coefficient (Wildman–Crippen LogP) is 1.87. The second-order valence-corrected chi connectivity index (χ2v) is 5.61. The van der Waals surface area contributed by atoms with Crippen LogP contribution in [0.1, 0.15) is 27.2 Å². The van der Waals surface area contributed by atoms with Crippen molar-refractivity contribution in [3.63, 3.8) is 0 Å². The third-order valence-electron chi connectivity index (χ3n) is 2.95. The van der Waals surface area contributed by atoms with Gasteiger partial charge in [0.25, 0.3) is 0 Å². The summed E-state index contributed by atoms with van der Waals surface area (Å²) in [6.07, 6.45) is -3.60. The van der Waals surface area contributed by atoms with E-state index in [1.165, 1.54) is 4.90 Å². The van der Waals surface area contributed by atoms with E-state index in [0.717, 1.165) is 0 Å². The van der Waals surface area contributed by atoms with Crippen molar-refractivity contribution in [3.8, 4) is 0 Å². The highest BCUT2D eigenvalue weighted by molar-refractivity contribution is 4.80. The molecule has 0 rings (SSSR count). The van der Waals surface area contributed by atoms with Gasteiger partial charge in [0.15, 0.2) is 0 Å². The Hall–Kier alpha value is -0.330. The van der Waals surface area contributed by atoms with Crippen molar-refractivity contribution in [2.24, 2.45) is 5.41 Å². The monoisotopic (exact) mass is 270 g/mol. The van der Waals surface area contributed by atoms with Gasteiger partial charge in [-0.1, -0.05) is 20.8 Å². The van der Waals surface area contributed by atoms with Gasteiger partial charge in [-0.15, -0.1) is 0 Å². The summed E-state index contributed by atoms with van der Waals surface area (Å²) < 4.78 is 37.0. The molecule has 0 spiro atoms. The normalized spacial score (nSPS) is 15.2. The van der Waals surface area contributed by atoms with E-state index in [2.05, 4.69) is 5.32 Å². The molecule has 0 aromatic rings. The quantitative estimate of drug-likeness (QED) is 0.741. The van der Waals surface area contributed by atoms with Crippen LogP contribution in [0.15, 0.2) is 0 Å². The molecule has 110 valence electrons. The fourth-order valence-electron chi connectivity index (χ4n) is 1.99. The molecule has 0 saturated heterocycles. The second-order valence-electron chi connectivity index (χ2n) is 5.61. The van der Waals surface area contributed by atoms with Crippen LogP contribution in [0.25, 0.3) is 0 Å². The lowest BCUT2D eigenvalue weighted by atomic mass is 9.85. The van der Waals surface area contributed by atoms with Gasteiger partial charge in [0.05, 0.1) is 13.2 Å². The van der Waals surface area contributed by atoms with E-state index in [1.807, 2.05) is 27.8 Å².